The first kappa shape index (κ1) is 13.6. The predicted molar refractivity (Wildman–Crippen MR) is 55.8 cm³/mol. The number of nitriles is 1. The minimum atomic E-state index is -4.75. The second kappa shape index (κ2) is 5.77. The normalized spacial score (nSPS) is 10.3. The Balaban J connectivity index is 2.56. The van der Waals surface area contributed by atoms with Gasteiger partial charge in [0.15, 0.2) is 0 Å². The molecule has 18 heavy (non-hydrogen) atoms. The molecular formula is C10H8F3N3O2. The molecule has 0 unspecified atom stereocenters. The Morgan fingerprint density at radius 1 is 1.33 bits per heavy atom. The average Bonchev–Trinajstić information content (AvgIpc) is 2.27. The minimum Gasteiger partial charge on any atom is -0.406 e. The third-order valence-corrected chi connectivity index (χ3v) is 1.67. The molecule has 0 spiro atoms. The molecule has 0 bridgehead atoms. The summed E-state index contributed by atoms with van der Waals surface area (Å²) in [6.45, 7) is -0.166. The summed E-state index contributed by atoms with van der Waals surface area (Å²) in [5, 5.41) is 12.8. The molecule has 2 N–H and O–H groups in total. The van der Waals surface area contributed by atoms with Crippen LogP contribution in [0.1, 0.15) is 0 Å². The maximum absolute atomic E-state index is 11.9. The molecule has 0 atom stereocenters. The number of hydrogen-bond acceptors (Lipinski definition) is 3. The lowest BCUT2D eigenvalue weighted by molar-refractivity contribution is -0.274. The standard InChI is InChI=1S/C10H8F3N3O2/c11-10(12,13)18-8-3-1-7(2-4-8)16-9(17)15-6-5-14/h1-4H,6H2,(H2,15,16,17). The highest BCUT2D eigenvalue weighted by Gasteiger charge is 2.30. The van der Waals surface area contributed by atoms with E-state index in [2.05, 4.69) is 15.4 Å². The van der Waals surface area contributed by atoms with Gasteiger partial charge >= 0.3 is 12.4 Å². The molecule has 0 aliphatic rings. The van der Waals surface area contributed by atoms with Gasteiger partial charge in [-0.2, -0.15) is 5.26 Å². The number of hydrogen-bond donors (Lipinski definition) is 2. The minimum absolute atomic E-state index is 0.166. The smallest absolute Gasteiger partial charge is 0.406 e. The van der Waals surface area contributed by atoms with Crippen LogP contribution in [0.2, 0.25) is 0 Å². The number of carbonyl (C=O) groups excluding carboxylic acids is 1. The summed E-state index contributed by atoms with van der Waals surface area (Å²) >= 11 is 0. The molecule has 0 aliphatic carbocycles. The number of rotatable bonds is 3. The molecule has 2 amide bonds. The molecule has 0 heterocycles. The first-order valence-corrected chi connectivity index (χ1v) is 4.68. The SMILES string of the molecule is N#CCNC(=O)Nc1ccc(OC(F)(F)F)cc1. The number of amides is 2. The molecular weight excluding hydrogens is 251 g/mol. The van der Waals surface area contributed by atoms with Crippen molar-refractivity contribution in [3.8, 4) is 11.8 Å². The second-order valence-electron chi connectivity index (χ2n) is 3.04. The van der Waals surface area contributed by atoms with Crippen molar-refractivity contribution in [2.75, 3.05) is 11.9 Å². The van der Waals surface area contributed by atoms with Gasteiger partial charge in [0.1, 0.15) is 12.3 Å². The largest absolute Gasteiger partial charge is 0.573 e. The number of benzene rings is 1. The van der Waals surface area contributed by atoms with Crippen LogP contribution < -0.4 is 15.4 Å². The Labute approximate surface area is 100 Å². The zero-order valence-electron chi connectivity index (χ0n) is 8.91. The van der Waals surface area contributed by atoms with Crippen LogP contribution in [0.25, 0.3) is 0 Å². The third-order valence-electron chi connectivity index (χ3n) is 1.67. The lowest BCUT2D eigenvalue weighted by atomic mass is 10.3. The Kier molecular flexibility index (Phi) is 4.37. The van der Waals surface area contributed by atoms with Gasteiger partial charge in [-0.1, -0.05) is 0 Å². The summed E-state index contributed by atoms with van der Waals surface area (Å²) < 4.78 is 39.2. The van der Waals surface area contributed by atoms with E-state index in [-0.39, 0.29) is 18.0 Å². The number of nitrogens with zero attached hydrogens (tertiary/aromatic N) is 1. The lowest BCUT2D eigenvalue weighted by Gasteiger charge is -2.09. The van der Waals surface area contributed by atoms with Crippen LogP contribution in [-0.2, 0) is 0 Å². The van der Waals surface area contributed by atoms with E-state index in [9.17, 15) is 18.0 Å². The molecule has 0 aliphatic heterocycles. The summed E-state index contributed by atoms with van der Waals surface area (Å²) in [6.07, 6.45) is -4.75. The highest BCUT2D eigenvalue weighted by Crippen LogP contribution is 2.23. The molecule has 96 valence electrons. The van der Waals surface area contributed by atoms with Crippen molar-refractivity contribution in [1.82, 2.24) is 5.32 Å². The van der Waals surface area contributed by atoms with E-state index in [1.54, 1.807) is 6.07 Å². The van der Waals surface area contributed by atoms with E-state index >= 15 is 0 Å². The fraction of sp³-hybridized carbons (Fsp3) is 0.200. The summed E-state index contributed by atoms with van der Waals surface area (Å²) in [6, 6.07) is 5.69. The van der Waals surface area contributed by atoms with Crippen molar-refractivity contribution in [2.24, 2.45) is 0 Å². The molecule has 0 saturated heterocycles. The molecule has 5 nitrogen and oxygen atoms in total. The molecule has 0 fully saturated rings. The van der Waals surface area contributed by atoms with E-state index in [1.165, 1.54) is 12.1 Å². The van der Waals surface area contributed by atoms with Gasteiger partial charge < -0.3 is 15.4 Å². The maximum Gasteiger partial charge on any atom is 0.573 e. The third kappa shape index (κ3) is 5.07. The molecule has 0 aromatic heterocycles. The van der Waals surface area contributed by atoms with E-state index in [1.807, 2.05) is 0 Å². The Hall–Kier alpha value is -2.43. The fourth-order valence-electron chi connectivity index (χ4n) is 1.04. The highest BCUT2D eigenvalue weighted by molar-refractivity contribution is 5.89. The van der Waals surface area contributed by atoms with Gasteiger partial charge in [-0.05, 0) is 24.3 Å². The van der Waals surface area contributed by atoms with Gasteiger partial charge in [0.2, 0.25) is 0 Å². The maximum atomic E-state index is 11.9. The Morgan fingerprint density at radius 2 is 1.94 bits per heavy atom. The summed E-state index contributed by atoms with van der Waals surface area (Å²) in [7, 11) is 0. The predicted octanol–water partition coefficient (Wildman–Crippen LogP) is 2.23. The zero-order chi connectivity index (χ0) is 13.6. The number of ether oxygens (including phenoxy) is 1. The van der Waals surface area contributed by atoms with Gasteiger partial charge in [-0.25, -0.2) is 4.79 Å². The number of halogens is 3. The first-order valence-electron chi connectivity index (χ1n) is 4.68. The van der Waals surface area contributed by atoms with Crippen molar-refractivity contribution in [3.63, 3.8) is 0 Å². The molecule has 0 radical (unpaired) electrons. The van der Waals surface area contributed by atoms with Crippen molar-refractivity contribution in [1.29, 1.82) is 5.26 Å². The zero-order valence-corrected chi connectivity index (χ0v) is 8.91. The first-order chi connectivity index (χ1) is 8.40. The fourth-order valence-corrected chi connectivity index (χ4v) is 1.04. The quantitative estimate of drug-likeness (QED) is 0.817. The molecule has 0 saturated carbocycles. The second-order valence-corrected chi connectivity index (χ2v) is 3.04. The monoisotopic (exact) mass is 259 g/mol. The number of carbonyl (C=O) groups is 1. The van der Waals surface area contributed by atoms with Crippen LogP contribution in [-0.4, -0.2) is 18.9 Å². The molecule has 1 aromatic rings. The lowest BCUT2D eigenvalue weighted by Crippen LogP contribution is -2.28. The van der Waals surface area contributed by atoms with Crippen LogP contribution in [0.5, 0.6) is 5.75 Å². The van der Waals surface area contributed by atoms with Crippen molar-refractivity contribution in [2.45, 2.75) is 6.36 Å². The van der Waals surface area contributed by atoms with Gasteiger partial charge in [0.05, 0.1) is 6.07 Å². The van der Waals surface area contributed by atoms with Gasteiger partial charge in [0.25, 0.3) is 0 Å². The Bertz CT molecular complexity index is 451. The van der Waals surface area contributed by atoms with Crippen molar-refractivity contribution < 1.29 is 22.7 Å². The average molecular weight is 259 g/mol. The van der Waals surface area contributed by atoms with Gasteiger partial charge in [-0.15, -0.1) is 13.2 Å². The molecule has 1 aromatic carbocycles. The van der Waals surface area contributed by atoms with E-state index < -0.39 is 12.4 Å². The van der Waals surface area contributed by atoms with E-state index in [0.717, 1.165) is 12.1 Å². The number of urea groups is 1. The van der Waals surface area contributed by atoms with Gasteiger partial charge in [0, 0.05) is 5.69 Å². The molecule has 8 heteroatoms. The van der Waals surface area contributed by atoms with Crippen LogP contribution in [0, 0.1) is 11.3 Å². The van der Waals surface area contributed by atoms with Crippen LogP contribution in [0.4, 0.5) is 23.7 Å². The van der Waals surface area contributed by atoms with Crippen molar-refractivity contribution >= 4 is 11.7 Å². The van der Waals surface area contributed by atoms with Gasteiger partial charge in [-0.3, -0.25) is 0 Å². The number of nitrogens with one attached hydrogen (secondary N) is 2. The summed E-state index contributed by atoms with van der Waals surface area (Å²) in [5.74, 6) is -0.384. The number of anilines is 1. The summed E-state index contributed by atoms with van der Waals surface area (Å²) in [4.78, 5) is 11.1. The van der Waals surface area contributed by atoms with E-state index in [0.29, 0.717) is 0 Å². The highest BCUT2D eigenvalue weighted by atomic mass is 19.4. The Morgan fingerprint density at radius 3 is 2.44 bits per heavy atom. The van der Waals surface area contributed by atoms with E-state index in [4.69, 9.17) is 5.26 Å². The van der Waals surface area contributed by atoms with Crippen LogP contribution in [0.3, 0.4) is 0 Å². The van der Waals surface area contributed by atoms with Crippen molar-refractivity contribution in [3.05, 3.63) is 24.3 Å². The van der Waals surface area contributed by atoms with Crippen LogP contribution in [0.15, 0.2) is 24.3 Å². The van der Waals surface area contributed by atoms with Crippen LogP contribution >= 0.6 is 0 Å². The topological polar surface area (TPSA) is 74.2 Å². The molecule has 1 rings (SSSR count). The summed E-state index contributed by atoms with van der Waals surface area (Å²) in [5.41, 5.74) is 0.278. The number of alkyl halides is 3.